The Labute approximate surface area is 120 Å². The molecule has 4 nitrogen and oxygen atoms in total. The molecule has 0 bridgehead atoms. The summed E-state index contributed by atoms with van der Waals surface area (Å²) in [4.78, 5) is 11.2. The largest absolute Gasteiger partial charge is 0.399 e. The topological polar surface area (TPSA) is 55.0 Å². The highest BCUT2D eigenvalue weighted by Gasteiger charge is 2.26. The molecule has 2 aromatic rings. The van der Waals surface area contributed by atoms with E-state index in [1.807, 2.05) is 18.2 Å². The van der Waals surface area contributed by atoms with Crippen molar-refractivity contribution in [3.63, 3.8) is 0 Å². The van der Waals surface area contributed by atoms with E-state index in [4.69, 9.17) is 5.73 Å². The summed E-state index contributed by atoms with van der Waals surface area (Å²) < 4.78 is 0. The van der Waals surface area contributed by atoms with Gasteiger partial charge in [-0.2, -0.15) is 0 Å². The third-order valence-electron chi connectivity index (χ3n) is 4.54. The molecule has 1 aromatic heterocycles. The number of anilines is 2. The fraction of sp³-hybridized carbons (Fsp3) is 0.500. The Morgan fingerprint density at radius 3 is 2.80 bits per heavy atom. The minimum absolute atomic E-state index is 0.569. The van der Waals surface area contributed by atoms with E-state index in [1.54, 1.807) is 6.33 Å². The van der Waals surface area contributed by atoms with Crippen LogP contribution in [-0.4, -0.2) is 23.1 Å². The van der Waals surface area contributed by atoms with E-state index in [2.05, 4.69) is 28.8 Å². The maximum absolute atomic E-state index is 5.84. The Morgan fingerprint density at radius 1 is 1.20 bits per heavy atom. The van der Waals surface area contributed by atoms with Crippen LogP contribution in [0.3, 0.4) is 0 Å². The van der Waals surface area contributed by atoms with Gasteiger partial charge in [0.25, 0.3) is 0 Å². The third-order valence-corrected chi connectivity index (χ3v) is 4.54. The summed E-state index contributed by atoms with van der Waals surface area (Å²) in [6.07, 6.45) is 6.87. The van der Waals surface area contributed by atoms with Crippen LogP contribution in [0.25, 0.3) is 10.9 Å². The zero-order valence-electron chi connectivity index (χ0n) is 12.2. The Hall–Kier alpha value is -1.84. The molecule has 2 atom stereocenters. The second-order valence-electron chi connectivity index (χ2n) is 5.91. The van der Waals surface area contributed by atoms with Crippen molar-refractivity contribution in [3.8, 4) is 0 Å². The highest BCUT2D eigenvalue weighted by molar-refractivity contribution is 5.91. The van der Waals surface area contributed by atoms with Crippen molar-refractivity contribution in [2.24, 2.45) is 5.92 Å². The number of nitrogens with zero attached hydrogens (tertiary/aromatic N) is 3. The van der Waals surface area contributed by atoms with Crippen LogP contribution in [0.15, 0.2) is 24.5 Å². The lowest BCUT2D eigenvalue weighted by molar-refractivity contribution is 0.321. The predicted octanol–water partition coefficient (Wildman–Crippen LogP) is 3.23. The number of nitrogens with two attached hydrogens (primary N) is 1. The Bertz CT molecular complexity index is 610. The van der Waals surface area contributed by atoms with Crippen molar-refractivity contribution in [1.29, 1.82) is 0 Å². The van der Waals surface area contributed by atoms with Crippen molar-refractivity contribution >= 4 is 22.4 Å². The molecule has 0 radical (unpaired) electrons. The standard InChI is InChI=1S/C16H22N4/c1-11-5-3-4-6-15(11)20(2)16-13-8-7-12(17)9-14(13)18-10-19-16/h7-11,15H,3-6,17H2,1-2H3. The predicted molar refractivity (Wildman–Crippen MR) is 83.8 cm³/mol. The zero-order valence-corrected chi connectivity index (χ0v) is 12.2. The number of hydrogen-bond donors (Lipinski definition) is 1. The van der Waals surface area contributed by atoms with E-state index in [9.17, 15) is 0 Å². The molecule has 2 unspecified atom stereocenters. The minimum Gasteiger partial charge on any atom is -0.399 e. The molecule has 0 saturated heterocycles. The van der Waals surface area contributed by atoms with Gasteiger partial charge in [0.05, 0.1) is 5.52 Å². The van der Waals surface area contributed by atoms with Crippen molar-refractivity contribution in [2.45, 2.75) is 38.6 Å². The molecular weight excluding hydrogens is 248 g/mol. The van der Waals surface area contributed by atoms with E-state index in [0.29, 0.717) is 12.0 Å². The van der Waals surface area contributed by atoms with Gasteiger partial charge in [-0.3, -0.25) is 0 Å². The summed E-state index contributed by atoms with van der Waals surface area (Å²) in [5.41, 5.74) is 7.51. The molecule has 20 heavy (non-hydrogen) atoms. The molecule has 1 heterocycles. The minimum atomic E-state index is 0.569. The number of rotatable bonds is 2. The molecule has 0 amide bonds. The highest BCUT2D eigenvalue weighted by Crippen LogP contribution is 2.32. The van der Waals surface area contributed by atoms with Crippen LogP contribution in [0.4, 0.5) is 11.5 Å². The second kappa shape index (κ2) is 5.27. The molecule has 0 spiro atoms. The van der Waals surface area contributed by atoms with Gasteiger partial charge in [0, 0.05) is 24.2 Å². The maximum Gasteiger partial charge on any atom is 0.139 e. The van der Waals surface area contributed by atoms with E-state index in [0.717, 1.165) is 22.4 Å². The average Bonchev–Trinajstić information content (AvgIpc) is 2.46. The van der Waals surface area contributed by atoms with Crippen molar-refractivity contribution in [2.75, 3.05) is 17.7 Å². The van der Waals surface area contributed by atoms with Crippen LogP contribution in [0, 0.1) is 5.92 Å². The number of hydrogen-bond acceptors (Lipinski definition) is 4. The van der Waals surface area contributed by atoms with E-state index < -0.39 is 0 Å². The van der Waals surface area contributed by atoms with Gasteiger partial charge in [0.2, 0.25) is 0 Å². The number of nitrogen functional groups attached to an aromatic ring is 1. The van der Waals surface area contributed by atoms with Crippen LogP contribution in [0.5, 0.6) is 0 Å². The quantitative estimate of drug-likeness (QED) is 0.851. The molecule has 1 fully saturated rings. The monoisotopic (exact) mass is 270 g/mol. The van der Waals surface area contributed by atoms with Gasteiger partial charge in [-0.1, -0.05) is 19.8 Å². The SMILES string of the molecule is CC1CCCCC1N(C)c1ncnc2cc(N)ccc12. The summed E-state index contributed by atoms with van der Waals surface area (Å²) in [5.74, 6) is 1.74. The van der Waals surface area contributed by atoms with Crippen LogP contribution in [-0.2, 0) is 0 Å². The fourth-order valence-corrected chi connectivity index (χ4v) is 3.37. The summed E-state index contributed by atoms with van der Waals surface area (Å²) in [6.45, 7) is 2.35. The lowest BCUT2D eigenvalue weighted by Gasteiger charge is -2.37. The molecule has 2 N–H and O–H groups in total. The lowest BCUT2D eigenvalue weighted by Crippen LogP contribution is -2.39. The summed E-state index contributed by atoms with van der Waals surface area (Å²) >= 11 is 0. The molecule has 0 aliphatic heterocycles. The van der Waals surface area contributed by atoms with Crippen molar-refractivity contribution in [3.05, 3.63) is 24.5 Å². The molecule has 1 aromatic carbocycles. The molecule has 1 aliphatic rings. The Kier molecular flexibility index (Phi) is 3.47. The van der Waals surface area contributed by atoms with Gasteiger partial charge >= 0.3 is 0 Å². The second-order valence-corrected chi connectivity index (χ2v) is 5.91. The number of benzene rings is 1. The third kappa shape index (κ3) is 2.30. The van der Waals surface area contributed by atoms with Crippen LogP contribution < -0.4 is 10.6 Å². The molecule has 1 saturated carbocycles. The molecule has 3 rings (SSSR count). The molecular formula is C16H22N4. The van der Waals surface area contributed by atoms with E-state index >= 15 is 0 Å². The smallest absolute Gasteiger partial charge is 0.139 e. The van der Waals surface area contributed by atoms with Crippen molar-refractivity contribution in [1.82, 2.24) is 9.97 Å². The average molecular weight is 270 g/mol. The van der Waals surface area contributed by atoms with Crippen LogP contribution >= 0.6 is 0 Å². The first kappa shape index (κ1) is 13.2. The number of aromatic nitrogens is 2. The lowest BCUT2D eigenvalue weighted by atomic mass is 9.85. The van der Waals surface area contributed by atoms with Gasteiger partial charge in [0.15, 0.2) is 0 Å². The van der Waals surface area contributed by atoms with Gasteiger partial charge < -0.3 is 10.6 Å². The summed E-state index contributed by atoms with van der Waals surface area (Å²) in [7, 11) is 2.16. The van der Waals surface area contributed by atoms with E-state index in [1.165, 1.54) is 25.7 Å². The summed E-state index contributed by atoms with van der Waals surface area (Å²) in [6, 6.07) is 6.44. The van der Waals surface area contributed by atoms with Gasteiger partial charge in [-0.05, 0) is 37.0 Å². The zero-order chi connectivity index (χ0) is 14.1. The van der Waals surface area contributed by atoms with Crippen LogP contribution in [0.1, 0.15) is 32.6 Å². The maximum atomic E-state index is 5.84. The van der Waals surface area contributed by atoms with Gasteiger partial charge in [0.1, 0.15) is 12.1 Å². The molecule has 1 aliphatic carbocycles. The first-order valence-corrected chi connectivity index (χ1v) is 7.40. The Morgan fingerprint density at radius 2 is 2.00 bits per heavy atom. The molecule has 4 heteroatoms. The highest BCUT2D eigenvalue weighted by atomic mass is 15.2. The normalized spacial score (nSPS) is 22.9. The fourth-order valence-electron chi connectivity index (χ4n) is 3.37. The van der Waals surface area contributed by atoms with Crippen molar-refractivity contribution < 1.29 is 0 Å². The van der Waals surface area contributed by atoms with Gasteiger partial charge in [-0.25, -0.2) is 9.97 Å². The van der Waals surface area contributed by atoms with E-state index in [-0.39, 0.29) is 0 Å². The molecule has 106 valence electrons. The first-order valence-electron chi connectivity index (χ1n) is 7.40. The first-order chi connectivity index (χ1) is 9.66. The van der Waals surface area contributed by atoms with Crippen LogP contribution in [0.2, 0.25) is 0 Å². The Balaban J connectivity index is 2.00. The number of fused-ring (bicyclic) bond motifs is 1. The van der Waals surface area contributed by atoms with Gasteiger partial charge in [-0.15, -0.1) is 0 Å². The summed E-state index contributed by atoms with van der Waals surface area (Å²) in [5, 5.41) is 1.09.